The van der Waals surface area contributed by atoms with Crippen molar-refractivity contribution in [2.45, 2.75) is 22.6 Å². The van der Waals surface area contributed by atoms with Crippen LogP contribution >= 0.6 is 23.1 Å². The molecule has 12 heteroatoms. The van der Waals surface area contributed by atoms with Gasteiger partial charge in [-0.3, -0.25) is 24.1 Å². The Morgan fingerprint density at radius 3 is 2.34 bits per heavy atom. The molecule has 1 saturated heterocycles. The molecule has 1 aromatic heterocycles. The monoisotopic (exact) mass is 518 g/mol. The molecule has 10 nitrogen and oxygen atoms in total. The van der Waals surface area contributed by atoms with Gasteiger partial charge in [0.05, 0.1) is 31.1 Å². The second-order valence-corrected chi connectivity index (χ2v) is 11.6. The van der Waals surface area contributed by atoms with E-state index in [0.29, 0.717) is 6.42 Å². The van der Waals surface area contributed by atoms with E-state index in [4.69, 9.17) is 9.47 Å². The molecule has 1 aromatic carbocycles. The van der Waals surface area contributed by atoms with Crippen LogP contribution in [0.4, 0.5) is 0 Å². The van der Waals surface area contributed by atoms with Gasteiger partial charge in [0.1, 0.15) is 6.54 Å². The van der Waals surface area contributed by atoms with E-state index in [2.05, 4.69) is 4.98 Å². The molecule has 0 unspecified atom stereocenters. The number of fused-ring (bicyclic) bond motifs is 9. The van der Waals surface area contributed by atoms with Gasteiger partial charge in [-0.05, 0) is 41.9 Å². The van der Waals surface area contributed by atoms with Crippen molar-refractivity contribution in [1.82, 2.24) is 9.88 Å². The Kier molecular flexibility index (Phi) is 4.98. The number of carbonyl (C=O) groups is 3. The van der Waals surface area contributed by atoms with Crippen LogP contribution in [-0.4, -0.2) is 63.9 Å². The highest BCUT2D eigenvalue weighted by atomic mass is 32.2. The fraction of sp³-hybridized carbons (Fsp3) is 0.478. The van der Waals surface area contributed by atoms with Crippen LogP contribution in [0.1, 0.15) is 22.8 Å². The number of hydrogen-bond acceptors (Lipinski definition) is 9. The second-order valence-electron chi connectivity index (χ2n) is 9.39. The third-order valence-electron chi connectivity index (χ3n) is 7.97. The maximum absolute atomic E-state index is 13.2. The quantitative estimate of drug-likeness (QED) is 0.504. The number of imide groups is 1. The van der Waals surface area contributed by atoms with Crippen LogP contribution < -0.4 is 14.3 Å². The van der Waals surface area contributed by atoms with Gasteiger partial charge in [-0.15, -0.1) is 11.8 Å². The third kappa shape index (κ3) is 3.02. The van der Waals surface area contributed by atoms with E-state index in [1.54, 1.807) is 23.9 Å². The average molecular weight is 519 g/mol. The highest BCUT2D eigenvalue weighted by molar-refractivity contribution is 8.00. The average Bonchev–Trinajstić information content (AvgIpc) is 3.55. The topological polar surface area (TPSA) is 146 Å². The zero-order chi connectivity index (χ0) is 24.8. The maximum atomic E-state index is 13.2. The van der Waals surface area contributed by atoms with Crippen LogP contribution in [0.3, 0.4) is 0 Å². The number of benzene rings is 1. The second kappa shape index (κ2) is 7.76. The molecule has 4 aliphatic rings. The van der Waals surface area contributed by atoms with Crippen molar-refractivity contribution in [3.05, 3.63) is 32.2 Å². The number of nitrogens with zero attached hydrogens (tertiary/aromatic N) is 1. The summed E-state index contributed by atoms with van der Waals surface area (Å²) in [6, 6.07) is 3.46. The number of hydrogen-bond donors (Lipinski definition) is 3. The van der Waals surface area contributed by atoms with Crippen LogP contribution in [0.5, 0.6) is 17.2 Å². The van der Waals surface area contributed by atoms with Crippen molar-refractivity contribution in [2.75, 3.05) is 20.8 Å². The Morgan fingerprint density at radius 2 is 1.74 bits per heavy atom. The molecule has 184 valence electrons. The van der Waals surface area contributed by atoms with E-state index in [9.17, 15) is 29.4 Å². The first-order valence-corrected chi connectivity index (χ1v) is 12.9. The van der Waals surface area contributed by atoms with Gasteiger partial charge >= 0.3 is 10.8 Å². The standard InChI is InChI=1S/C23H22N2O8S2/c1-32-10-3-7(4-11(33-2)17(10)28)13-14-8-5-9(18(14)34-20-19(13)35-23(31)24-20)16-15(8)21(29)25(22(16)30)6-12(26)27/h3-4,8-9,13-16,18,28H,5-6H2,1-2H3,(H,24,31)(H,26,27)/t8-,9+,13-,14+,15+,16+,18+/m0/s1. The molecule has 35 heavy (non-hydrogen) atoms. The molecule has 6 rings (SSSR count). The molecule has 2 saturated carbocycles. The maximum Gasteiger partial charge on any atom is 0.323 e. The number of aliphatic carboxylic acids is 1. The first-order chi connectivity index (χ1) is 16.7. The summed E-state index contributed by atoms with van der Waals surface area (Å²) in [6.07, 6.45) is 0.693. The number of rotatable bonds is 5. The van der Waals surface area contributed by atoms with Crippen molar-refractivity contribution >= 4 is 40.9 Å². The lowest BCUT2D eigenvalue weighted by atomic mass is 9.68. The van der Waals surface area contributed by atoms with Gasteiger partial charge in [0.15, 0.2) is 11.5 Å². The van der Waals surface area contributed by atoms with Gasteiger partial charge in [0, 0.05) is 16.0 Å². The molecule has 3 N–H and O–H groups in total. The minimum absolute atomic E-state index is 0.0312. The van der Waals surface area contributed by atoms with Crippen molar-refractivity contribution in [3.63, 3.8) is 0 Å². The zero-order valence-electron chi connectivity index (χ0n) is 18.7. The van der Waals surface area contributed by atoms with E-state index in [1.807, 2.05) is 0 Å². The lowest BCUT2D eigenvalue weighted by Crippen LogP contribution is -2.42. The summed E-state index contributed by atoms with van der Waals surface area (Å²) in [4.78, 5) is 54.5. The Morgan fingerprint density at radius 1 is 1.11 bits per heavy atom. The Balaban J connectivity index is 1.48. The number of aromatic nitrogens is 1. The van der Waals surface area contributed by atoms with Gasteiger partial charge in [-0.1, -0.05) is 11.3 Å². The smallest absolute Gasteiger partial charge is 0.323 e. The number of methoxy groups -OCH3 is 2. The number of thiazole rings is 1. The van der Waals surface area contributed by atoms with Crippen LogP contribution in [0.25, 0.3) is 0 Å². The minimum atomic E-state index is -1.22. The summed E-state index contributed by atoms with van der Waals surface area (Å²) in [5.74, 6) is -3.36. The molecule has 2 bridgehead atoms. The molecule has 2 aromatic rings. The van der Waals surface area contributed by atoms with E-state index < -0.39 is 36.2 Å². The number of carbonyl (C=O) groups excluding carboxylic acids is 2. The highest BCUT2D eigenvalue weighted by Crippen LogP contribution is 2.68. The molecule has 2 amide bonds. The lowest BCUT2D eigenvalue weighted by molar-refractivity contribution is -0.149. The molecule has 2 aliphatic heterocycles. The van der Waals surface area contributed by atoms with Crippen LogP contribution in [-0.2, 0) is 14.4 Å². The fourth-order valence-corrected chi connectivity index (χ4v) is 9.73. The number of phenolic OH excluding ortho intramolecular Hbond substituents is 1. The Bertz CT molecular complexity index is 1310. The summed E-state index contributed by atoms with van der Waals surface area (Å²) in [5.41, 5.74) is 0.784. The summed E-state index contributed by atoms with van der Waals surface area (Å²) >= 11 is 2.66. The number of aromatic amines is 1. The molecule has 3 heterocycles. The number of aromatic hydroxyl groups is 1. The number of H-pyrrole nitrogens is 1. The summed E-state index contributed by atoms with van der Waals surface area (Å²) in [7, 11) is 2.89. The number of likely N-dealkylation sites (tertiary alicyclic amines) is 1. The number of phenols is 1. The molecule has 0 spiro atoms. The third-order valence-corrected chi connectivity index (χ3v) is 10.6. The SMILES string of the molecule is COc1cc([C@@H]2c3sc(=O)[nH]c3S[C@@H]3[C@@H]4C[C@H]([C@H]5C(=O)N(CC(=O)O)C(=O)[C@H]45)[C@H]23)cc(OC)c1O. The fourth-order valence-electron chi connectivity index (χ4n) is 6.84. The van der Waals surface area contributed by atoms with Crippen LogP contribution in [0.15, 0.2) is 22.0 Å². The minimum Gasteiger partial charge on any atom is -0.502 e. The van der Waals surface area contributed by atoms with Crippen molar-refractivity contribution in [2.24, 2.45) is 29.6 Å². The number of nitrogens with one attached hydrogen (secondary N) is 1. The summed E-state index contributed by atoms with van der Waals surface area (Å²) in [6.45, 7) is -0.622. The Labute approximate surface area is 207 Å². The van der Waals surface area contributed by atoms with E-state index in [0.717, 1.165) is 31.7 Å². The summed E-state index contributed by atoms with van der Waals surface area (Å²) in [5, 5.41) is 20.4. The number of carboxylic acid groups (broad SMARTS) is 1. The highest BCUT2D eigenvalue weighted by Gasteiger charge is 2.69. The predicted molar refractivity (Wildman–Crippen MR) is 124 cm³/mol. The van der Waals surface area contributed by atoms with Crippen LogP contribution in [0, 0.1) is 29.6 Å². The predicted octanol–water partition coefficient (Wildman–Crippen LogP) is 1.72. The molecule has 2 aliphatic carbocycles. The molecular formula is C23H22N2O8S2. The van der Waals surface area contributed by atoms with Crippen LogP contribution in [0.2, 0.25) is 0 Å². The lowest BCUT2D eigenvalue weighted by Gasteiger charge is -2.43. The van der Waals surface area contributed by atoms with Gasteiger partial charge in [-0.25, -0.2) is 0 Å². The van der Waals surface area contributed by atoms with Gasteiger partial charge in [0.25, 0.3) is 0 Å². The number of carboxylic acids is 1. The van der Waals surface area contributed by atoms with E-state index >= 15 is 0 Å². The van der Waals surface area contributed by atoms with E-state index in [1.165, 1.54) is 14.2 Å². The van der Waals surface area contributed by atoms with Gasteiger partial charge in [-0.2, -0.15) is 0 Å². The van der Waals surface area contributed by atoms with E-state index in [-0.39, 0.29) is 51.0 Å². The van der Waals surface area contributed by atoms with Gasteiger partial charge < -0.3 is 24.7 Å². The number of ether oxygens (including phenoxy) is 2. The first-order valence-electron chi connectivity index (χ1n) is 11.2. The summed E-state index contributed by atoms with van der Waals surface area (Å²) < 4.78 is 10.7. The first kappa shape index (κ1) is 22.5. The molecule has 0 radical (unpaired) electrons. The van der Waals surface area contributed by atoms with Crippen molar-refractivity contribution in [1.29, 1.82) is 0 Å². The van der Waals surface area contributed by atoms with Gasteiger partial charge in [0.2, 0.25) is 17.6 Å². The van der Waals surface area contributed by atoms with Crippen molar-refractivity contribution < 1.29 is 34.1 Å². The normalized spacial score (nSPS) is 32.4. The Hall–Kier alpha value is -2.99. The number of thioether (sulfide) groups is 1. The largest absolute Gasteiger partial charge is 0.502 e. The number of amides is 2. The molecular weight excluding hydrogens is 496 g/mol. The molecule has 7 atom stereocenters. The van der Waals surface area contributed by atoms with Crippen molar-refractivity contribution in [3.8, 4) is 17.2 Å². The zero-order valence-corrected chi connectivity index (χ0v) is 20.4. The molecule has 3 fully saturated rings.